The molecule has 2 heterocycles. The van der Waals surface area contributed by atoms with Gasteiger partial charge in [-0.3, -0.25) is 0 Å². The molecule has 0 bridgehead atoms. The van der Waals surface area contributed by atoms with Gasteiger partial charge in [0, 0.05) is 47.0 Å². The van der Waals surface area contributed by atoms with Gasteiger partial charge in [0.1, 0.15) is 5.75 Å². The number of rotatable bonds is 4. The van der Waals surface area contributed by atoms with Gasteiger partial charge >= 0.3 is 0 Å². The zero-order valence-corrected chi connectivity index (χ0v) is 16.6. The maximum Gasteiger partial charge on any atom is 0.159 e. The Morgan fingerprint density at radius 2 is 0.806 bits per heavy atom. The standard InChI is InChI=1S/C26H18N4O/c31-24-12-20(25-27-14-22(15-28-25)18-7-3-1-4-8-18)11-21(13-24)26-29-16-23(17-30-26)19-9-5-2-6-10-19/h1-17,31H. The number of hydrogen-bond acceptors (Lipinski definition) is 5. The van der Waals surface area contributed by atoms with Crippen molar-refractivity contribution in [3.63, 3.8) is 0 Å². The summed E-state index contributed by atoms with van der Waals surface area (Å²) in [5, 5.41) is 10.3. The lowest BCUT2D eigenvalue weighted by molar-refractivity contribution is 0.475. The van der Waals surface area contributed by atoms with E-state index in [-0.39, 0.29) is 5.75 Å². The van der Waals surface area contributed by atoms with E-state index in [1.165, 1.54) is 0 Å². The summed E-state index contributed by atoms with van der Waals surface area (Å²) in [4.78, 5) is 18.0. The first-order valence-corrected chi connectivity index (χ1v) is 9.86. The van der Waals surface area contributed by atoms with Crippen LogP contribution in [0.25, 0.3) is 45.0 Å². The lowest BCUT2D eigenvalue weighted by Crippen LogP contribution is -1.93. The molecule has 148 valence electrons. The maximum atomic E-state index is 10.3. The fraction of sp³-hybridized carbons (Fsp3) is 0. The normalized spacial score (nSPS) is 10.7. The van der Waals surface area contributed by atoms with E-state index in [0.29, 0.717) is 22.8 Å². The minimum atomic E-state index is 0.110. The predicted octanol–water partition coefficient (Wildman–Crippen LogP) is 5.64. The highest BCUT2D eigenvalue weighted by atomic mass is 16.3. The highest BCUT2D eigenvalue weighted by Gasteiger charge is 2.10. The number of aromatic hydroxyl groups is 1. The first kappa shape index (κ1) is 18.6. The number of nitrogens with zero attached hydrogens (tertiary/aromatic N) is 4. The highest BCUT2D eigenvalue weighted by Crippen LogP contribution is 2.29. The molecular weight excluding hydrogens is 384 g/mol. The van der Waals surface area contributed by atoms with Gasteiger partial charge in [-0.1, -0.05) is 60.7 Å². The molecule has 0 aliphatic carbocycles. The predicted molar refractivity (Wildman–Crippen MR) is 121 cm³/mol. The Bertz CT molecular complexity index is 1200. The first-order valence-electron chi connectivity index (χ1n) is 9.86. The summed E-state index contributed by atoms with van der Waals surface area (Å²) in [6.45, 7) is 0. The summed E-state index contributed by atoms with van der Waals surface area (Å²) in [7, 11) is 0. The Morgan fingerprint density at radius 3 is 1.19 bits per heavy atom. The molecule has 0 aliphatic rings. The van der Waals surface area contributed by atoms with Gasteiger partial charge in [0.25, 0.3) is 0 Å². The molecule has 3 aromatic carbocycles. The minimum absolute atomic E-state index is 0.110. The molecule has 0 spiro atoms. The summed E-state index contributed by atoms with van der Waals surface area (Å²) < 4.78 is 0. The van der Waals surface area contributed by atoms with Gasteiger partial charge in [-0.15, -0.1) is 0 Å². The minimum Gasteiger partial charge on any atom is -0.508 e. The van der Waals surface area contributed by atoms with Crippen molar-refractivity contribution in [1.29, 1.82) is 0 Å². The molecule has 0 aliphatic heterocycles. The van der Waals surface area contributed by atoms with Gasteiger partial charge in [0.05, 0.1) is 0 Å². The van der Waals surface area contributed by atoms with Crippen molar-refractivity contribution in [3.8, 4) is 50.8 Å². The Kier molecular flexibility index (Phi) is 4.91. The Hall–Kier alpha value is -4.38. The number of hydrogen-bond donors (Lipinski definition) is 1. The van der Waals surface area contributed by atoms with Crippen molar-refractivity contribution in [2.75, 3.05) is 0 Å². The Labute approximate surface area is 179 Å². The van der Waals surface area contributed by atoms with Crippen molar-refractivity contribution in [1.82, 2.24) is 19.9 Å². The molecule has 5 rings (SSSR count). The second-order valence-electron chi connectivity index (χ2n) is 7.09. The van der Waals surface area contributed by atoms with Crippen molar-refractivity contribution in [3.05, 3.63) is 104 Å². The average molecular weight is 402 g/mol. The Balaban J connectivity index is 1.45. The summed E-state index contributed by atoms with van der Waals surface area (Å²) in [5.41, 5.74) is 5.37. The van der Waals surface area contributed by atoms with Crippen LogP contribution >= 0.6 is 0 Å². The molecule has 5 aromatic rings. The molecular formula is C26H18N4O. The average Bonchev–Trinajstić information content (AvgIpc) is 2.85. The molecule has 0 saturated carbocycles. The van der Waals surface area contributed by atoms with E-state index < -0.39 is 0 Å². The van der Waals surface area contributed by atoms with E-state index in [1.54, 1.807) is 36.9 Å². The van der Waals surface area contributed by atoms with Crippen molar-refractivity contribution in [2.45, 2.75) is 0 Å². The first-order chi connectivity index (χ1) is 15.3. The van der Waals surface area contributed by atoms with Crippen LogP contribution in [0.3, 0.4) is 0 Å². The lowest BCUT2D eigenvalue weighted by Gasteiger charge is -2.07. The van der Waals surface area contributed by atoms with E-state index in [4.69, 9.17) is 0 Å². The molecule has 31 heavy (non-hydrogen) atoms. The van der Waals surface area contributed by atoms with Crippen molar-refractivity contribution < 1.29 is 5.11 Å². The van der Waals surface area contributed by atoms with E-state index in [0.717, 1.165) is 22.3 Å². The molecule has 5 nitrogen and oxygen atoms in total. The molecule has 0 unspecified atom stereocenters. The highest BCUT2D eigenvalue weighted by molar-refractivity contribution is 5.71. The molecule has 0 saturated heterocycles. The van der Waals surface area contributed by atoms with Crippen LogP contribution in [0, 0.1) is 0 Å². The quantitative estimate of drug-likeness (QED) is 0.421. The van der Waals surface area contributed by atoms with E-state index in [2.05, 4.69) is 19.9 Å². The second kappa shape index (κ2) is 8.16. The smallest absolute Gasteiger partial charge is 0.159 e. The number of phenolic OH excluding ortho intramolecular Hbond substituents is 1. The maximum absolute atomic E-state index is 10.3. The van der Waals surface area contributed by atoms with Crippen LogP contribution in [-0.4, -0.2) is 25.0 Å². The van der Waals surface area contributed by atoms with Gasteiger partial charge in [-0.2, -0.15) is 0 Å². The topological polar surface area (TPSA) is 71.8 Å². The molecule has 0 amide bonds. The van der Waals surface area contributed by atoms with Crippen LogP contribution in [-0.2, 0) is 0 Å². The zero-order chi connectivity index (χ0) is 21.0. The van der Waals surface area contributed by atoms with Crippen molar-refractivity contribution >= 4 is 0 Å². The third-order valence-electron chi connectivity index (χ3n) is 4.95. The molecule has 1 N–H and O–H groups in total. The van der Waals surface area contributed by atoms with Crippen LogP contribution in [0.1, 0.15) is 0 Å². The number of phenols is 1. The third-order valence-corrected chi connectivity index (χ3v) is 4.95. The molecule has 2 aromatic heterocycles. The zero-order valence-electron chi connectivity index (χ0n) is 16.6. The second-order valence-corrected chi connectivity index (χ2v) is 7.09. The van der Waals surface area contributed by atoms with E-state index >= 15 is 0 Å². The summed E-state index contributed by atoms with van der Waals surface area (Å²) in [5.74, 6) is 1.16. The fourth-order valence-corrected chi connectivity index (χ4v) is 3.38. The van der Waals surface area contributed by atoms with E-state index in [9.17, 15) is 5.11 Å². The molecule has 0 atom stereocenters. The van der Waals surface area contributed by atoms with Gasteiger partial charge in [0.15, 0.2) is 11.6 Å². The molecule has 0 radical (unpaired) electrons. The molecule has 0 fully saturated rings. The number of aromatic nitrogens is 4. The third kappa shape index (κ3) is 4.02. The summed E-state index contributed by atoms with van der Waals surface area (Å²) in [6.07, 6.45) is 7.14. The number of benzene rings is 3. The van der Waals surface area contributed by atoms with Crippen LogP contribution in [0.4, 0.5) is 0 Å². The monoisotopic (exact) mass is 402 g/mol. The molecule has 5 heteroatoms. The van der Waals surface area contributed by atoms with Gasteiger partial charge in [-0.25, -0.2) is 19.9 Å². The summed E-state index contributed by atoms with van der Waals surface area (Å²) in [6, 6.07) is 25.1. The SMILES string of the molecule is Oc1cc(-c2ncc(-c3ccccc3)cn2)cc(-c2ncc(-c3ccccc3)cn2)c1. The Morgan fingerprint density at radius 1 is 0.419 bits per heavy atom. The lowest BCUT2D eigenvalue weighted by atomic mass is 10.1. The van der Waals surface area contributed by atoms with Gasteiger partial charge in [0.2, 0.25) is 0 Å². The fourth-order valence-electron chi connectivity index (χ4n) is 3.38. The van der Waals surface area contributed by atoms with Gasteiger partial charge < -0.3 is 5.11 Å². The van der Waals surface area contributed by atoms with Crippen LogP contribution < -0.4 is 0 Å². The summed E-state index contributed by atoms with van der Waals surface area (Å²) >= 11 is 0. The van der Waals surface area contributed by atoms with Crippen LogP contribution in [0.15, 0.2) is 104 Å². The van der Waals surface area contributed by atoms with Crippen molar-refractivity contribution in [2.24, 2.45) is 0 Å². The van der Waals surface area contributed by atoms with Crippen LogP contribution in [0.5, 0.6) is 5.75 Å². The van der Waals surface area contributed by atoms with Gasteiger partial charge in [-0.05, 0) is 29.3 Å². The van der Waals surface area contributed by atoms with E-state index in [1.807, 2.05) is 66.7 Å². The van der Waals surface area contributed by atoms with Crippen LogP contribution in [0.2, 0.25) is 0 Å². The largest absolute Gasteiger partial charge is 0.508 e.